The van der Waals surface area contributed by atoms with Gasteiger partial charge in [0, 0.05) is 12.1 Å². The molecule has 0 atom stereocenters. The number of nitrogens with zero attached hydrogens (tertiary/aromatic N) is 1. The van der Waals surface area contributed by atoms with Crippen molar-refractivity contribution in [2.24, 2.45) is 5.10 Å². The van der Waals surface area contributed by atoms with Crippen LogP contribution in [-0.4, -0.2) is 33.5 Å². The number of amides is 1. The van der Waals surface area contributed by atoms with Gasteiger partial charge in [0.05, 0.1) is 38.7 Å². The summed E-state index contributed by atoms with van der Waals surface area (Å²) in [5, 5.41) is 3.84. The van der Waals surface area contributed by atoms with E-state index in [0.29, 0.717) is 22.8 Å². The monoisotopic (exact) mass is 332 g/mol. The van der Waals surface area contributed by atoms with E-state index < -0.39 is 11.7 Å². The van der Waals surface area contributed by atoms with E-state index >= 15 is 0 Å². The van der Waals surface area contributed by atoms with Crippen LogP contribution in [0.5, 0.6) is 17.2 Å². The molecule has 126 valence electrons. The van der Waals surface area contributed by atoms with Crippen LogP contribution >= 0.6 is 0 Å². The van der Waals surface area contributed by atoms with Gasteiger partial charge in [0.25, 0.3) is 5.91 Å². The fourth-order valence-corrected chi connectivity index (χ4v) is 2.02. The molecule has 2 rings (SSSR count). The smallest absolute Gasteiger partial charge is 0.274 e. The lowest BCUT2D eigenvalue weighted by molar-refractivity contribution is 0.0951. The minimum atomic E-state index is -0.657. The molecular formula is C17H17FN2O4. The van der Waals surface area contributed by atoms with Crippen molar-refractivity contribution < 1.29 is 23.4 Å². The van der Waals surface area contributed by atoms with E-state index in [1.807, 2.05) is 0 Å². The van der Waals surface area contributed by atoms with Crippen molar-refractivity contribution in [3.8, 4) is 17.2 Å². The zero-order chi connectivity index (χ0) is 17.5. The van der Waals surface area contributed by atoms with Gasteiger partial charge in [-0.3, -0.25) is 4.79 Å². The normalized spacial score (nSPS) is 10.5. The Morgan fingerprint density at radius 1 is 1.08 bits per heavy atom. The molecule has 6 nitrogen and oxygen atoms in total. The van der Waals surface area contributed by atoms with Crippen molar-refractivity contribution in [1.82, 2.24) is 5.43 Å². The number of hydrogen-bond donors (Lipinski definition) is 1. The van der Waals surface area contributed by atoms with Crippen LogP contribution in [0.1, 0.15) is 15.9 Å². The molecule has 0 saturated heterocycles. The number of benzene rings is 2. The summed E-state index contributed by atoms with van der Waals surface area (Å²) in [5.74, 6) is 0.182. The molecule has 0 fully saturated rings. The first-order chi connectivity index (χ1) is 11.6. The maximum absolute atomic E-state index is 13.5. The molecule has 0 heterocycles. The van der Waals surface area contributed by atoms with Gasteiger partial charge in [0.2, 0.25) is 0 Å². The number of carbonyl (C=O) groups is 1. The third-order valence-electron chi connectivity index (χ3n) is 3.23. The van der Waals surface area contributed by atoms with E-state index in [1.165, 1.54) is 45.7 Å². The first kappa shape index (κ1) is 17.3. The topological polar surface area (TPSA) is 69.2 Å². The average Bonchev–Trinajstić information content (AvgIpc) is 2.61. The SMILES string of the molecule is COc1cc(OC)c(/C=N\NC(=O)c2ccccc2F)c(OC)c1. The number of nitrogens with one attached hydrogen (secondary N) is 1. The maximum Gasteiger partial charge on any atom is 0.274 e. The van der Waals surface area contributed by atoms with Crippen LogP contribution in [0.2, 0.25) is 0 Å². The van der Waals surface area contributed by atoms with Gasteiger partial charge in [-0.15, -0.1) is 0 Å². The van der Waals surface area contributed by atoms with Gasteiger partial charge < -0.3 is 14.2 Å². The summed E-state index contributed by atoms with van der Waals surface area (Å²) in [7, 11) is 4.50. The first-order valence-corrected chi connectivity index (χ1v) is 6.98. The van der Waals surface area contributed by atoms with Gasteiger partial charge >= 0.3 is 0 Å². The fourth-order valence-electron chi connectivity index (χ4n) is 2.02. The van der Waals surface area contributed by atoms with Crippen LogP contribution in [0.4, 0.5) is 4.39 Å². The highest BCUT2D eigenvalue weighted by molar-refractivity contribution is 5.95. The highest BCUT2D eigenvalue weighted by Gasteiger charge is 2.12. The third kappa shape index (κ3) is 3.81. The zero-order valence-electron chi connectivity index (χ0n) is 13.5. The van der Waals surface area contributed by atoms with E-state index in [1.54, 1.807) is 18.2 Å². The number of methoxy groups -OCH3 is 3. The summed E-state index contributed by atoms with van der Waals surface area (Å²) in [6, 6.07) is 8.95. The first-order valence-electron chi connectivity index (χ1n) is 6.98. The number of rotatable bonds is 6. The minimum absolute atomic E-state index is 0.0942. The molecule has 7 heteroatoms. The lowest BCUT2D eigenvalue weighted by atomic mass is 10.2. The van der Waals surface area contributed by atoms with E-state index in [2.05, 4.69) is 10.5 Å². The Labute approximate surface area is 138 Å². The van der Waals surface area contributed by atoms with Crippen molar-refractivity contribution >= 4 is 12.1 Å². The molecular weight excluding hydrogens is 315 g/mol. The second-order valence-electron chi connectivity index (χ2n) is 4.62. The number of hydrogen-bond acceptors (Lipinski definition) is 5. The van der Waals surface area contributed by atoms with Crippen LogP contribution in [0.3, 0.4) is 0 Å². The highest BCUT2D eigenvalue weighted by atomic mass is 19.1. The van der Waals surface area contributed by atoms with Crippen molar-refractivity contribution in [3.05, 3.63) is 53.3 Å². The molecule has 0 aliphatic carbocycles. The summed E-state index contributed by atoms with van der Waals surface area (Å²) >= 11 is 0. The van der Waals surface area contributed by atoms with Crippen LogP contribution < -0.4 is 19.6 Å². The molecule has 0 saturated carbocycles. The number of halogens is 1. The highest BCUT2D eigenvalue weighted by Crippen LogP contribution is 2.32. The molecule has 0 radical (unpaired) electrons. The molecule has 0 unspecified atom stereocenters. The van der Waals surface area contributed by atoms with Gasteiger partial charge in [0.15, 0.2) is 0 Å². The Hall–Kier alpha value is -3.09. The molecule has 1 N–H and O–H groups in total. The Morgan fingerprint density at radius 2 is 1.71 bits per heavy atom. The second kappa shape index (κ2) is 7.96. The van der Waals surface area contributed by atoms with Crippen molar-refractivity contribution in [3.63, 3.8) is 0 Å². The standard InChI is InChI=1S/C17H17FN2O4/c1-22-11-8-15(23-2)13(16(9-11)24-3)10-19-20-17(21)12-6-4-5-7-14(12)18/h4-10H,1-3H3,(H,20,21)/b19-10-. The second-order valence-corrected chi connectivity index (χ2v) is 4.62. The molecule has 2 aromatic rings. The zero-order valence-corrected chi connectivity index (χ0v) is 13.5. The summed E-state index contributed by atoms with van der Waals surface area (Å²) in [5.41, 5.74) is 2.68. The molecule has 24 heavy (non-hydrogen) atoms. The predicted octanol–water partition coefficient (Wildman–Crippen LogP) is 2.62. The van der Waals surface area contributed by atoms with Gasteiger partial charge in [-0.05, 0) is 12.1 Å². The van der Waals surface area contributed by atoms with Crippen molar-refractivity contribution in [2.75, 3.05) is 21.3 Å². The van der Waals surface area contributed by atoms with Crippen LogP contribution in [0.25, 0.3) is 0 Å². The summed E-state index contributed by atoms with van der Waals surface area (Å²) in [6.07, 6.45) is 1.36. The van der Waals surface area contributed by atoms with Gasteiger partial charge in [-0.1, -0.05) is 12.1 Å². The van der Waals surface area contributed by atoms with E-state index in [0.717, 1.165) is 0 Å². The van der Waals surface area contributed by atoms with Gasteiger partial charge in [-0.25, -0.2) is 9.82 Å². The molecule has 2 aromatic carbocycles. The lowest BCUT2D eigenvalue weighted by Gasteiger charge is -2.12. The molecule has 0 aliphatic rings. The molecule has 0 aromatic heterocycles. The number of ether oxygens (including phenoxy) is 3. The van der Waals surface area contributed by atoms with E-state index in [-0.39, 0.29) is 5.56 Å². The Balaban J connectivity index is 2.23. The van der Waals surface area contributed by atoms with Crippen LogP contribution in [0, 0.1) is 5.82 Å². The third-order valence-corrected chi connectivity index (χ3v) is 3.23. The number of carbonyl (C=O) groups excluding carboxylic acids is 1. The summed E-state index contributed by atoms with van der Waals surface area (Å²) in [4.78, 5) is 11.9. The summed E-state index contributed by atoms with van der Waals surface area (Å²) < 4.78 is 29.2. The largest absolute Gasteiger partial charge is 0.496 e. The minimum Gasteiger partial charge on any atom is -0.496 e. The fraction of sp³-hybridized carbons (Fsp3) is 0.176. The van der Waals surface area contributed by atoms with Gasteiger partial charge in [-0.2, -0.15) is 5.10 Å². The Kier molecular flexibility index (Phi) is 5.73. The van der Waals surface area contributed by atoms with Gasteiger partial charge in [0.1, 0.15) is 23.1 Å². The lowest BCUT2D eigenvalue weighted by Crippen LogP contribution is -2.19. The molecule has 0 spiro atoms. The number of hydrazone groups is 1. The average molecular weight is 332 g/mol. The maximum atomic E-state index is 13.5. The van der Waals surface area contributed by atoms with Crippen LogP contribution in [0.15, 0.2) is 41.5 Å². The van der Waals surface area contributed by atoms with E-state index in [4.69, 9.17) is 14.2 Å². The molecule has 0 bridgehead atoms. The molecule has 0 aliphatic heterocycles. The van der Waals surface area contributed by atoms with Crippen LogP contribution in [-0.2, 0) is 0 Å². The van der Waals surface area contributed by atoms with Crippen molar-refractivity contribution in [2.45, 2.75) is 0 Å². The van der Waals surface area contributed by atoms with E-state index in [9.17, 15) is 9.18 Å². The summed E-state index contributed by atoms with van der Waals surface area (Å²) in [6.45, 7) is 0. The predicted molar refractivity (Wildman–Crippen MR) is 87.6 cm³/mol. The Morgan fingerprint density at radius 3 is 2.25 bits per heavy atom. The Bertz CT molecular complexity index is 737. The quantitative estimate of drug-likeness (QED) is 0.652. The van der Waals surface area contributed by atoms with Crippen molar-refractivity contribution in [1.29, 1.82) is 0 Å². The molecule has 1 amide bonds.